The molecule has 0 unspecified atom stereocenters. The molecule has 12 nitrogen and oxygen atoms in total. The molecule has 0 saturated heterocycles. The van der Waals surface area contributed by atoms with Gasteiger partial charge in [-0.1, -0.05) is 40.2 Å². The molecule has 0 aliphatic carbocycles. The maximum absolute atomic E-state index is 14.4. The first-order valence-electron chi connectivity index (χ1n) is 16.6. The molecule has 53 heavy (non-hydrogen) atoms. The SMILES string of the molecule is Cc1cc(C(=O)N2Cc3c(C(=O)NCc4ccccc4-c4ncccn4)n(-c4ccc5nn(C[C@H](O)C(F)(F)F)cc5c4)c(=O)n3C[C@@H]2C)ccc1Br. The third-order valence-electron chi connectivity index (χ3n) is 9.22. The normalized spacial score (nSPS) is 15.0. The summed E-state index contributed by atoms with van der Waals surface area (Å²) in [6, 6.07) is 18.5. The zero-order valence-electron chi connectivity index (χ0n) is 28.4. The summed E-state index contributed by atoms with van der Waals surface area (Å²) in [7, 11) is 0. The number of aromatic nitrogens is 6. The van der Waals surface area contributed by atoms with Gasteiger partial charge < -0.3 is 15.3 Å². The van der Waals surface area contributed by atoms with Gasteiger partial charge in [0.1, 0.15) is 5.69 Å². The minimum atomic E-state index is -4.83. The van der Waals surface area contributed by atoms with Crippen molar-refractivity contribution in [3.05, 3.63) is 128 Å². The number of rotatable bonds is 8. The number of fused-ring (bicyclic) bond motifs is 2. The van der Waals surface area contributed by atoms with E-state index in [4.69, 9.17) is 0 Å². The van der Waals surface area contributed by atoms with Crippen LogP contribution in [0.4, 0.5) is 13.2 Å². The van der Waals surface area contributed by atoms with Crippen molar-refractivity contribution >= 4 is 38.6 Å². The highest BCUT2D eigenvalue weighted by molar-refractivity contribution is 9.10. The van der Waals surface area contributed by atoms with Crippen LogP contribution in [0.2, 0.25) is 0 Å². The molecule has 7 rings (SSSR count). The number of nitrogens with zero attached hydrogens (tertiary/aromatic N) is 7. The van der Waals surface area contributed by atoms with E-state index in [2.05, 4.69) is 36.3 Å². The van der Waals surface area contributed by atoms with E-state index in [1.54, 1.807) is 53.7 Å². The highest BCUT2D eigenvalue weighted by atomic mass is 79.9. The van der Waals surface area contributed by atoms with E-state index < -0.39 is 36.5 Å². The van der Waals surface area contributed by atoms with Crippen molar-refractivity contribution in [1.82, 2.24) is 39.1 Å². The molecule has 4 heterocycles. The summed E-state index contributed by atoms with van der Waals surface area (Å²) >= 11 is 3.47. The van der Waals surface area contributed by atoms with Crippen LogP contribution in [0.25, 0.3) is 28.0 Å². The van der Waals surface area contributed by atoms with Gasteiger partial charge in [-0.25, -0.2) is 14.8 Å². The molecular formula is C37H32BrF3N8O4. The first-order valence-corrected chi connectivity index (χ1v) is 17.4. The van der Waals surface area contributed by atoms with Crippen LogP contribution >= 0.6 is 15.9 Å². The fourth-order valence-electron chi connectivity index (χ4n) is 6.47. The number of halogens is 4. The molecule has 1 aliphatic heterocycles. The summed E-state index contributed by atoms with van der Waals surface area (Å²) in [5, 5.41) is 17.1. The number of aliphatic hydroxyl groups excluding tert-OH is 1. The maximum atomic E-state index is 14.4. The van der Waals surface area contributed by atoms with Crippen LogP contribution in [0, 0.1) is 6.92 Å². The lowest BCUT2D eigenvalue weighted by molar-refractivity contribution is -0.207. The minimum absolute atomic E-state index is 0.000589. The van der Waals surface area contributed by atoms with E-state index in [-0.39, 0.29) is 36.9 Å². The van der Waals surface area contributed by atoms with Gasteiger partial charge in [0.25, 0.3) is 11.8 Å². The standard InChI is InChI=1S/C37H32BrF3N8O4/c1-21-14-23(8-10-28(21)38)35(52)47-19-30-32(34(51)44-16-24-6-3-4-7-27(24)33-42-12-5-13-43-33)49(36(53)48(30)17-22(47)2)26-9-11-29-25(15-26)18-46(45-29)20-31(50)37(39,40)41/h3-15,18,22,31,50H,16-17,19-20H2,1-2H3,(H,44,51)/t22-,31-/m0/s1. The number of carbonyl (C=O) groups excluding carboxylic acids is 2. The first kappa shape index (κ1) is 35.8. The fourth-order valence-corrected chi connectivity index (χ4v) is 6.72. The van der Waals surface area contributed by atoms with Crippen LogP contribution in [-0.4, -0.2) is 69.0 Å². The van der Waals surface area contributed by atoms with E-state index in [9.17, 15) is 32.7 Å². The lowest BCUT2D eigenvalue weighted by Crippen LogP contribution is -2.47. The van der Waals surface area contributed by atoms with Crippen LogP contribution in [-0.2, 0) is 26.2 Å². The summed E-state index contributed by atoms with van der Waals surface area (Å²) < 4.78 is 43.8. The van der Waals surface area contributed by atoms with Crippen molar-refractivity contribution in [3.8, 4) is 17.1 Å². The Labute approximate surface area is 308 Å². The fraction of sp³-hybridized carbons (Fsp3) is 0.243. The second-order valence-corrected chi connectivity index (χ2v) is 13.7. The number of benzene rings is 3. The molecule has 2 amide bonds. The average Bonchev–Trinajstić information content (AvgIpc) is 3.67. The molecule has 2 atom stereocenters. The van der Waals surface area contributed by atoms with Crippen LogP contribution in [0.1, 0.15) is 44.6 Å². The van der Waals surface area contributed by atoms with Gasteiger partial charge >= 0.3 is 11.9 Å². The van der Waals surface area contributed by atoms with E-state index in [1.807, 2.05) is 38.1 Å². The maximum Gasteiger partial charge on any atom is 0.416 e. The number of nitrogens with one attached hydrogen (secondary N) is 1. The largest absolute Gasteiger partial charge is 0.416 e. The smallest absolute Gasteiger partial charge is 0.382 e. The summed E-state index contributed by atoms with van der Waals surface area (Å²) in [6.07, 6.45) is -2.89. The van der Waals surface area contributed by atoms with E-state index in [0.29, 0.717) is 33.5 Å². The Kier molecular flexibility index (Phi) is 9.50. The second kappa shape index (κ2) is 14.1. The van der Waals surface area contributed by atoms with Crippen molar-refractivity contribution in [2.24, 2.45) is 0 Å². The molecule has 272 valence electrons. The number of aryl methyl sites for hydroxylation is 1. The zero-order valence-corrected chi connectivity index (χ0v) is 30.0. The van der Waals surface area contributed by atoms with Gasteiger partial charge in [-0.2, -0.15) is 18.3 Å². The molecule has 3 aromatic carbocycles. The van der Waals surface area contributed by atoms with Crippen LogP contribution in [0.5, 0.6) is 0 Å². The minimum Gasteiger partial charge on any atom is -0.382 e. The average molecular weight is 790 g/mol. The predicted molar refractivity (Wildman–Crippen MR) is 192 cm³/mol. The Hall–Kier alpha value is -5.61. The molecule has 0 radical (unpaired) electrons. The molecule has 0 spiro atoms. The zero-order chi connectivity index (χ0) is 37.6. The van der Waals surface area contributed by atoms with Gasteiger partial charge in [-0.15, -0.1) is 0 Å². The number of hydrogen-bond acceptors (Lipinski definition) is 7. The number of alkyl halides is 3. The second-order valence-electron chi connectivity index (χ2n) is 12.8. The first-order chi connectivity index (χ1) is 25.3. The third-order valence-corrected chi connectivity index (χ3v) is 10.1. The van der Waals surface area contributed by atoms with Crippen LogP contribution in [0.15, 0.2) is 94.6 Å². The Morgan fingerprint density at radius 1 is 1.06 bits per heavy atom. The van der Waals surface area contributed by atoms with Crippen LogP contribution in [0.3, 0.4) is 0 Å². The van der Waals surface area contributed by atoms with E-state index >= 15 is 0 Å². The molecule has 1 aliphatic rings. The lowest BCUT2D eigenvalue weighted by atomic mass is 10.1. The van der Waals surface area contributed by atoms with Crippen molar-refractivity contribution in [2.45, 2.75) is 58.3 Å². The topological polar surface area (TPSA) is 140 Å². The Morgan fingerprint density at radius 2 is 1.81 bits per heavy atom. The quantitative estimate of drug-likeness (QED) is 0.210. The van der Waals surface area contributed by atoms with Gasteiger partial charge in [-0.3, -0.25) is 23.4 Å². The third kappa shape index (κ3) is 6.99. The summed E-state index contributed by atoms with van der Waals surface area (Å²) in [5.74, 6) is -0.388. The van der Waals surface area contributed by atoms with Gasteiger partial charge in [-0.05, 0) is 67.4 Å². The summed E-state index contributed by atoms with van der Waals surface area (Å²) in [4.78, 5) is 52.8. The molecule has 3 aromatic heterocycles. The van der Waals surface area contributed by atoms with Crippen molar-refractivity contribution < 1.29 is 27.9 Å². The molecule has 6 aromatic rings. The highest BCUT2D eigenvalue weighted by Gasteiger charge is 2.39. The number of carbonyl (C=O) groups is 2. The van der Waals surface area contributed by atoms with E-state index in [0.717, 1.165) is 20.3 Å². The summed E-state index contributed by atoms with van der Waals surface area (Å²) in [6.45, 7) is 2.99. The molecular weight excluding hydrogens is 757 g/mol. The Morgan fingerprint density at radius 3 is 2.55 bits per heavy atom. The molecule has 0 saturated carbocycles. The number of amides is 2. The molecule has 0 fully saturated rings. The number of aliphatic hydroxyl groups is 1. The molecule has 16 heteroatoms. The highest BCUT2D eigenvalue weighted by Crippen LogP contribution is 2.28. The van der Waals surface area contributed by atoms with Gasteiger partial charge in [0.05, 0.1) is 30.0 Å². The number of hydrogen-bond donors (Lipinski definition) is 2. The van der Waals surface area contributed by atoms with Crippen molar-refractivity contribution in [1.29, 1.82) is 0 Å². The lowest BCUT2D eigenvalue weighted by Gasteiger charge is -2.34. The van der Waals surface area contributed by atoms with Crippen molar-refractivity contribution in [3.63, 3.8) is 0 Å². The van der Waals surface area contributed by atoms with Crippen LogP contribution < -0.4 is 11.0 Å². The number of imidazole rings is 1. The Bertz CT molecular complexity index is 2420. The molecule has 2 N–H and O–H groups in total. The van der Waals surface area contributed by atoms with Gasteiger partial charge in [0.15, 0.2) is 11.9 Å². The van der Waals surface area contributed by atoms with Gasteiger partial charge in [0.2, 0.25) is 0 Å². The van der Waals surface area contributed by atoms with Gasteiger partial charge in [0, 0.05) is 58.7 Å². The Balaban J connectivity index is 1.29. The summed E-state index contributed by atoms with van der Waals surface area (Å²) in [5.41, 5.74) is 3.13. The molecule has 0 bridgehead atoms. The van der Waals surface area contributed by atoms with Crippen molar-refractivity contribution in [2.75, 3.05) is 0 Å². The predicted octanol–water partition coefficient (Wildman–Crippen LogP) is 5.41. The monoisotopic (exact) mass is 788 g/mol. The van der Waals surface area contributed by atoms with E-state index in [1.165, 1.54) is 21.4 Å².